The van der Waals surface area contributed by atoms with Crippen LogP contribution in [0.3, 0.4) is 0 Å². The third-order valence-electron chi connectivity index (χ3n) is 5.44. The van der Waals surface area contributed by atoms with E-state index < -0.39 is 0 Å². The lowest BCUT2D eigenvalue weighted by Crippen LogP contribution is -2.59. The molecule has 1 atom stereocenters. The summed E-state index contributed by atoms with van der Waals surface area (Å²) in [5.41, 5.74) is 6.62. The van der Waals surface area contributed by atoms with Gasteiger partial charge in [-0.05, 0) is 42.6 Å². The number of nitrogens with one attached hydrogen (secondary N) is 1. The van der Waals surface area contributed by atoms with Gasteiger partial charge >= 0.3 is 0 Å². The average Bonchev–Trinajstić information content (AvgIpc) is 2.53. The normalized spacial score (nSPS) is 27.7. The van der Waals surface area contributed by atoms with E-state index in [0.717, 1.165) is 30.8 Å². The molecule has 0 radical (unpaired) electrons. The Kier molecular flexibility index (Phi) is 5.25. The summed E-state index contributed by atoms with van der Waals surface area (Å²) in [6, 6.07) is 0. The predicted octanol–water partition coefficient (Wildman–Crippen LogP) is 3.41. The summed E-state index contributed by atoms with van der Waals surface area (Å²) < 4.78 is 0. The van der Waals surface area contributed by atoms with E-state index >= 15 is 0 Å². The molecule has 0 heterocycles. The van der Waals surface area contributed by atoms with Crippen molar-refractivity contribution < 1.29 is 0 Å². The molecule has 1 aliphatic carbocycles. The van der Waals surface area contributed by atoms with Crippen molar-refractivity contribution in [3.63, 3.8) is 0 Å². The molecule has 1 rings (SSSR count). The Morgan fingerprint density at radius 2 is 1.61 bits per heavy atom. The molecule has 0 aromatic carbocycles. The first kappa shape index (κ1) is 16.0. The maximum Gasteiger partial charge on any atom is 0.0355 e. The lowest BCUT2D eigenvalue weighted by atomic mass is 9.74. The first-order valence-electron chi connectivity index (χ1n) is 7.71. The van der Waals surface area contributed by atoms with E-state index in [1.54, 1.807) is 0 Å². The van der Waals surface area contributed by atoms with Gasteiger partial charge in [-0.2, -0.15) is 0 Å². The van der Waals surface area contributed by atoms with Crippen molar-refractivity contribution in [3.8, 4) is 0 Å². The highest BCUT2D eigenvalue weighted by Crippen LogP contribution is 2.45. The van der Waals surface area contributed by atoms with Crippen LogP contribution in [-0.2, 0) is 0 Å². The lowest BCUT2D eigenvalue weighted by Gasteiger charge is -2.43. The zero-order chi connectivity index (χ0) is 14.0. The van der Waals surface area contributed by atoms with Gasteiger partial charge in [-0.1, -0.05) is 48.0 Å². The lowest BCUT2D eigenvalue weighted by molar-refractivity contribution is 0.140. The van der Waals surface area contributed by atoms with E-state index in [4.69, 9.17) is 5.73 Å². The van der Waals surface area contributed by atoms with Gasteiger partial charge in [0.05, 0.1) is 0 Å². The Balaban J connectivity index is 2.70. The Morgan fingerprint density at radius 3 is 1.94 bits per heavy atom. The monoisotopic (exact) mass is 254 g/mol. The van der Waals surface area contributed by atoms with Crippen molar-refractivity contribution in [2.24, 2.45) is 28.9 Å². The second-order valence-electron chi connectivity index (χ2n) is 7.56. The average molecular weight is 254 g/mol. The van der Waals surface area contributed by atoms with Gasteiger partial charge < -0.3 is 11.1 Å². The maximum atomic E-state index is 6.12. The summed E-state index contributed by atoms with van der Waals surface area (Å²) in [7, 11) is 0. The number of hydrogen-bond acceptors (Lipinski definition) is 2. The molecule has 0 aromatic heterocycles. The highest BCUT2D eigenvalue weighted by Gasteiger charge is 2.47. The number of hydrogen-bond donors (Lipinski definition) is 2. The summed E-state index contributed by atoms with van der Waals surface area (Å²) in [5, 5.41) is 3.87. The fourth-order valence-electron chi connectivity index (χ4n) is 3.74. The summed E-state index contributed by atoms with van der Waals surface area (Å²) in [6.45, 7) is 16.0. The van der Waals surface area contributed by atoms with Gasteiger partial charge in [0.15, 0.2) is 0 Å². The minimum Gasteiger partial charge on any atom is -0.329 e. The fraction of sp³-hybridized carbons (Fsp3) is 1.00. The third kappa shape index (κ3) is 3.08. The molecular formula is C16H34N2. The van der Waals surface area contributed by atoms with E-state index in [9.17, 15) is 0 Å². The quantitative estimate of drug-likeness (QED) is 0.762. The third-order valence-corrected chi connectivity index (χ3v) is 5.44. The second kappa shape index (κ2) is 5.92. The van der Waals surface area contributed by atoms with Crippen LogP contribution in [0, 0.1) is 23.2 Å². The van der Waals surface area contributed by atoms with Crippen molar-refractivity contribution in [2.45, 2.75) is 66.3 Å². The van der Waals surface area contributed by atoms with E-state index in [1.165, 1.54) is 19.3 Å². The SMILES string of the molecule is CC(C)C(CNC1(CN)CCCC1(C)C)C(C)C. The zero-order valence-electron chi connectivity index (χ0n) is 13.3. The van der Waals surface area contributed by atoms with Crippen LogP contribution in [-0.4, -0.2) is 18.6 Å². The summed E-state index contributed by atoms with van der Waals surface area (Å²) >= 11 is 0. The van der Waals surface area contributed by atoms with E-state index in [1.807, 2.05) is 0 Å². The molecule has 0 spiro atoms. The topological polar surface area (TPSA) is 38.0 Å². The molecule has 0 bridgehead atoms. The first-order valence-corrected chi connectivity index (χ1v) is 7.71. The summed E-state index contributed by atoms with van der Waals surface area (Å²) in [6.07, 6.45) is 3.84. The molecule has 2 nitrogen and oxygen atoms in total. The van der Waals surface area contributed by atoms with Gasteiger partial charge in [0, 0.05) is 12.1 Å². The van der Waals surface area contributed by atoms with Crippen molar-refractivity contribution in [2.75, 3.05) is 13.1 Å². The molecule has 1 aliphatic rings. The largest absolute Gasteiger partial charge is 0.329 e. The van der Waals surface area contributed by atoms with Crippen LogP contribution < -0.4 is 11.1 Å². The van der Waals surface area contributed by atoms with Gasteiger partial charge in [0.25, 0.3) is 0 Å². The maximum absolute atomic E-state index is 6.12. The van der Waals surface area contributed by atoms with E-state index in [0.29, 0.717) is 5.41 Å². The molecule has 2 heteroatoms. The van der Waals surface area contributed by atoms with Crippen LogP contribution in [0.4, 0.5) is 0 Å². The summed E-state index contributed by atoms with van der Waals surface area (Å²) in [4.78, 5) is 0. The van der Waals surface area contributed by atoms with Gasteiger partial charge in [-0.3, -0.25) is 0 Å². The highest BCUT2D eigenvalue weighted by molar-refractivity contribution is 5.06. The van der Waals surface area contributed by atoms with Gasteiger partial charge in [-0.15, -0.1) is 0 Å². The Bertz CT molecular complexity index is 250. The zero-order valence-corrected chi connectivity index (χ0v) is 13.3. The van der Waals surface area contributed by atoms with Crippen molar-refractivity contribution in [1.82, 2.24) is 5.32 Å². The standard InChI is InChI=1S/C16H34N2/c1-12(2)14(13(3)4)10-18-16(11-17)9-7-8-15(16,5)6/h12-14,18H,7-11,17H2,1-6H3. The van der Waals surface area contributed by atoms with Gasteiger partial charge in [0.1, 0.15) is 0 Å². The molecular weight excluding hydrogens is 220 g/mol. The molecule has 0 saturated heterocycles. The highest BCUT2D eigenvalue weighted by atomic mass is 15.0. The van der Waals surface area contributed by atoms with E-state index in [-0.39, 0.29) is 5.54 Å². The van der Waals surface area contributed by atoms with Crippen molar-refractivity contribution in [1.29, 1.82) is 0 Å². The molecule has 0 amide bonds. The molecule has 1 unspecified atom stereocenters. The molecule has 0 aromatic rings. The molecule has 3 N–H and O–H groups in total. The van der Waals surface area contributed by atoms with Gasteiger partial charge in [0.2, 0.25) is 0 Å². The van der Waals surface area contributed by atoms with Crippen LogP contribution >= 0.6 is 0 Å². The Labute approximate surface area is 114 Å². The smallest absolute Gasteiger partial charge is 0.0355 e. The summed E-state index contributed by atoms with van der Waals surface area (Å²) in [5.74, 6) is 2.21. The van der Waals surface area contributed by atoms with E-state index in [2.05, 4.69) is 46.9 Å². The fourth-order valence-corrected chi connectivity index (χ4v) is 3.74. The molecule has 18 heavy (non-hydrogen) atoms. The molecule has 108 valence electrons. The van der Waals surface area contributed by atoms with Crippen LogP contribution in [0.1, 0.15) is 60.8 Å². The first-order chi connectivity index (χ1) is 8.26. The molecule has 0 aliphatic heterocycles. The van der Waals surface area contributed by atoms with Gasteiger partial charge in [-0.25, -0.2) is 0 Å². The van der Waals surface area contributed by atoms with Crippen molar-refractivity contribution >= 4 is 0 Å². The Morgan fingerprint density at radius 1 is 1.06 bits per heavy atom. The second-order valence-corrected chi connectivity index (χ2v) is 7.56. The minimum absolute atomic E-state index is 0.162. The molecule has 1 fully saturated rings. The Hall–Kier alpha value is -0.0800. The van der Waals surface area contributed by atoms with Crippen LogP contribution in [0.5, 0.6) is 0 Å². The van der Waals surface area contributed by atoms with Crippen LogP contribution in [0.25, 0.3) is 0 Å². The number of rotatable bonds is 6. The van der Waals surface area contributed by atoms with Crippen molar-refractivity contribution in [3.05, 3.63) is 0 Å². The molecule has 1 saturated carbocycles. The predicted molar refractivity (Wildman–Crippen MR) is 80.6 cm³/mol. The van der Waals surface area contributed by atoms with Crippen LogP contribution in [0.15, 0.2) is 0 Å². The van der Waals surface area contributed by atoms with Crippen LogP contribution in [0.2, 0.25) is 0 Å². The minimum atomic E-state index is 0.162. The number of nitrogens with two attached hydrogens (primary N) is 1.